The molecule has 0 aliphatic heterocycles. The number of benzene rings is 1. The molecule has 4 heteroatoms. The van der Waals surface area contributed by atoms with Crippen molar-refractivity contribution in [2.75, 3.05) is 0 Å². The van der Waals surface area contributed by atoms with E-state index in [1.165, 1.54) is 0 Å². The van der Waals surface area contributed by atoms with Crippen molar-refractivity contribution in [2.45, 2.75) is 19.4 Å². The van der Waals surface area contributed by atoms with E-state index in [2.05, 4.69) is 5.16 Å². The molecule has 0 unspecified atom stereocenters. The smallest absolute Gasteiger partial charge is 0.170 e. The normalized spacial score (nSPS) is 12.9. The molecule has 0 amide bonds. The van der Waals surface area contributed by atoms with Crippen LogP contribution in [0.25, 0.3) is 0 Å². The van der Waals surface area contributed by atoms with Crippen molar-refractivity contribution in [1.82, 2.24) is 0 Å². The number of oxime groups is 1. The third-order valence-corrected chi connectivity index (χ3v) is 1.99. The van der Waals surface area contributed by atoms with E-state index in [-0.39, 0.29) is 5.84 Å². The largest absolute Gasteiger partial charge is 0.409 e. The maximum Gasteiger partial charge on any atom is 0.170 e. The standard InChI is InChI=1S/C10H14N2O2/c1-10(2,13)8-5-3-7(4-6-8)9(11)12-14/h3-6,13-14H,1-2H3,(H2,11,12). The van der Waals surface area contributed by atoms with Gasteiger partial charge in [-0.15, -0.1) is 0 Å². The molecule has 1 aromatic carbocycles. The van der Waals surface area contributed by atoms with Crippen LogP contribution in [0.3, 0.4) is 0 Å². The molecule has 76 valence electrons. The monoisotopic (exact) mass is 194 g/mol. The number of aliphatic hydroxyl groups is 1. The van der Waals surface area contributed by atoms with Gasteiger partial charge in [-0.25, -0.2) is 0 Å². The summed E-state index contributed by atoms with van der Waals surface area (Å²) >= 11 is 0. The molecule has 0 atom stereocenters. The molecule has 4 N–H and O–H groups in total. The lowest BCUT2D eigenvalue weighted by molar-refractivity contribution is 0.0786. The van der Waals surface area contributed by atoms with Crippen LogP contribution in [0.15, 0.2) is 29.4 Å². The third-order valence-electron chi connectivity index (χ3n) is 1.99. The fraction of sp³-hybridized carbons (Fsp3) is 0.300. The van der Waals surface area contributed by atoms with Crippen LogP contribution in [0.4, 0.5) is 0 Å². The topological polar surface area (TPSA) is 78.8 Å². The molecule has 0 radical (unpaired) electrons. The van der Waals surface area contributed by atoms with Crippen molar-refractivity contribution in [3.8, 4) is 0 Å². The zero-order chi connectivity index (χ0) is 10.8. The Hall–Kier alpha value is -1.55. The minimum atomic E-state index is -0.871. The first-order chi connectivity index (χ1) is 6.45. The average molecular weight is 194 g/mol. The molecule has 0 aliphatic carbocycles. The van der Waals surface area contributed by atoms with E-state index in [4.69, 9.17) is 10.9 Å². The van der Waals surface area contributed by atoms with Gasteiger partial charge in [-0.05, 0) is 19.4 Å². The second kappa shape index (κ2) is 3.67. The first-order valence-corrected chi connectivity index (χ1v) is 4.26. The Morgan fingerprint density at radius 3 is 2.14 bits per heavy atom. The number of hydrogen-bond acceptors (Lipinski definition) is 3. The van der Waals surface area contributed by atoms with E-state index in [1.54, 1.807) is 38.1 Å². The maximum atomic E-state index is 9.66. The minimum absolute atomic E-state index is 0.0623. The Morgan fingerprint density at radius 2 is 1.79 bits per heavy atom. The molecule has 0 saturated heterocycles. The highest BCUT2D eigenvalue weighted by molar-refractivity contribution is 5.96. The summed E-state index contributed by atoms with van der Waals surface area (Å²) < 4.78 is 0. The second-order valence-corrected chi connectivity index (χ2v) is 3.62. The Morgan fingerprint density at radius 1 is 1.29 bits per heavy atom. The SMILES string of the molecule is CC(C)(O)c1ccc(C(N)=NO)cc1. The van der Waals surface area contributed by atoms with Crippen LogP contribution < -0.4 is 5.73 Å². The highest BCUT2D eigenvalue weighted by Crippen LogP contribution is 2.19. The van der Waals surface area contributed by atoms with E-state index in [0.717, 1.165) is 5.56 Å². The Bertz CT molecular complexity index is 336. The van der Waals surface area contributed by atoms with Gasteiger partial charge in [0.15, 0.2) is 5.84 Å². The van der Waals surface area contributed by atoms with Gasteiger partial charge in [-0.3, -0.25) is 0 Å². The molecule has 1 aromatic rings. The first-order valence-electron chi connectivity index (χ1n) is 4.26. The molecule has 4 nitrogen and oxygen atoms in total. The van der Waals surface area contributed by atoms with E-state index in [0.29, 0.717) is 5.56 Å². The van der Waals surface area contributed by atoms with Gasteiger partial charge in [0.25, 0.3) is 0 Å². The lowest BCUT2D eigenvalue weighted by Gasteiger charge is -2.17. The lowest BCUT2D eigenvalue weighted by Crippen LogP contribution is -2.17. The van der Waals surface area contributed by atoms with Crippen LogP contribution in [0.5, 0.6) is 0 Å². The summed E-state index contributed by atoms with van der Waals surface area (Å²) in [6.07, 6.45) is 0. The van der Waals surface area contributed by atoms with Crippen molar-refractivity contribution < 1.29 is 10.3 Å². The van der Waals surface area contributed by atoms with Crippen molar-refractivity contribution in [1.29, 1.82) is 0 Å². The number of nitrogens with two attached hydrogens (primary N) is 1. The second-order valence-electron chi connectivity index (χ2n) is 3.62. The molecule has 0 aromatic heterocycles. The van der Waals surface area contributed by atoms with Crippen molar-refractivity contribution in [3.05, 3.63) is 35.4 Å². The Labute approximate surface area is 82.7 Å². The van der Waals surface area contributed by atoms with Crippen LogP contribution in [0.1, 0.15) is 25.0 Å². The molecule has 1 rings (SSSR count). The van der Waals surface area contributed by atoms with Crippen molar-refractivity contribution >= 4 is 5.84 Å². The summed E-state index contributed by atoms with van der Waals surface area (Å²) in [4.78, 5) is 0. The molecule has 0 aliphatic rings. The van der Waals surface area contributed by atoms with Gasteiger partial charge in [-0.2, -0.15) is 0 Å². The van der Waals surface area contributed by atoms with E-state index < -0.39 is 5.60 Å². The number of hydrogen-bond donors (Lipinski definition) is 3. The van der Waals surface area contributed by atoms with Gasteiger partial charge in [-0.1, -0.05) is 29.4 Å². The minimum Gasteiger partial charge on any atom is -0.409 e. The highest BCUT2D eigenvalue weighted by Gasteiger charge is 2.15. The van der Waals surface area contributed by atoms with Crippen molar-refractivity contribution in [3.63, 3.8) is 0 Å². The van der Waals surface area contributed by atoms with Gasteiger partial charge in [0.1, 0.15) is 0 Å². The third kappa shape index (κ3) is 2.23. The molecule has 0 bridgehead atoms. The van der Waals surface area contributed by atoms with Gasteiger partial charge in [0.2, 0.25) is 0 Å². The summed E-state index contributed by atoms with van der Waals surface area (Å²) in [5, 5.41) is 21.0. The molecule has 0 fully saturated rings. The van der Waals surface area contributed by atoms with Crippen LogP contribution >= 0.6 is 0 Å². The van der Waals surface area contributed by atoms with Crippen LogP contribution in [0, 0.1) is 0 Å². The summed E-state index contributed by atoms with van der Waals surface area (Å²) in [5.41, 5.74) is 5.93. The Kier molecular flexibility index (Phi) is 2.76. The zero-order valence-corrected chi connectivity index (χ0v) is 8.23. The molecule has 0 spiro atoms. The number of rotatable bonds is 2. The fourth-order valence-corrected chi connectivity index (χ4v) is 1.11. The first kappa shape index (κ1) is 10.5. The molecular formula is C10H14N2O2. The summed E-state index contributed by atoms with van der Waals surface area (Å²) in [6, 6.07) is 6.88. The molecule has 0 heterocycles. The predicted octanol–water partition coefficient (Wildman–Crippen LogP) is 1.01. The quantitative estimate of drug-likeness (QED) is 0.284. The van der Waals surface area contributed by atoms with E-state index in [1.807, 2.05) is 0 Å². The van der Waals surface area contributed by atoms with Crippen LogP contribution in [0.2, 0.25) is 0 Å². The summed E-state index contributed by atoms with van der Waals surface area (Å²) in [5.74, 6) is 0.0623. The van der Waals surface area contributed by atoms with Gasteiger partial charge < -0.3 is 16.0 Å². The molecule has 0 saturated carbocycles. The summed E-state index contributed by atoms with van der Waals surface area (Å²) in [7, 11) is 0. The van der Waals surface area contributed by atoms with Crippen LogP contribution in [-0.2, 0) is 5.60 Å². The highest BCUT2D eigenvalue weighted by atomic mass is 16.4. The van der Waals surface area contributed by atoms with Gasteiger partial charge in [0.05, 0.1) is 5.60 Å². The van der Waals surface area contributed by atoms with E-state index in [9.17, 15) is 5.11 Å². The molecular weight excluding hydrogens is 180 g/mol. The fourth-order valence-electron chi connectivity index (χ4n) is 1.11. The lowest BCUT2D eigenvalue weighted by atomic mass is 9.97. The summed E-state index contributed by atoms with van der Waals surface area (Å²) in [6.45, 7) is 3.40. The predicted molar refractivity (Wildman–Crippen MR) is 54.2 cm³/mol. The van der Waals surface area contributed by atoms with Crippen molar-refractivity contribution in [2.24, 2.45) is 10.9 Å². The van der Waals surface area contributed by atoms with Gasteiger partial charge in [0, 0.05) is 5.56 Å². The Balaban J connectivity index is 3.01. The molecule has 14 heavy (non-hydrogen) atoms. The van der Waals surface area contributed by atoms with Gasteiger partial charge >= 0.3 is 0 Å². The van der Waals surface area contributed by atoms with E-state index >= 15 is 0 Å². The van der Waals surface area contributed by atoms with Crippen LogP contribution in [-0.4, -0.2) is 16.1 Å². The zero-order valence-electron chi connectivity index (χ0n) is 8.23. The maximum absolute atomic E-state index is 9.66. The number of nitrogens with zero attached hydrogens (tertiary/aromatic N) is 1. The number of amidine groups is 1. The average Bonchev–Trinajstić information content (AvgIpc) is 2.15.